The highest BCUT2D eigenvalue weighted by molar-refractivity contribution is 5.91. The largest absolute Gasteiger partial charge is 0.478 e. The Balaban J connectivity index is 2.52. The van der Waals surface area contributed by atoms with Crippen LogP contribution in [-0.2, 0) is 19.1 Å². The molecule has 1 saturated carbocycles. The zero-order valence-corrected chi connectivity index (χ0v) is 10.4. The maximum atomic E-state index is 11.8. The number of carboxylic acids is 1. The third-order valence-electron chi connectivity index (χ3n) is 3.08. The number of esters is 1. The highest BCUT2D eigenvalue weighted by Crippen LogP contribution is 2.24. The van der Waals surface area contributed by atoms with Crippen molar-refractivity contribution in [3.05, 3.63) is 12.2 Å². The number of hydrogen-bond donors (Lipinski definition) is 1. The number of carbonyl (C=O) groups excluding carboxylic acids is 2. The van der Waals surface area contributed by atoms with Crippen molar-refractivity contribution in [2.24, 2.45) is 5.92 Å². The molecule has 0 aliphatic heterocycles. The highest BCUT2D eigenvalue weighted by Gasteiger charge is 2.28. The van der Waals surface area contributed by atoms with Gasteiger partial charge in [0.15, 0.2) is 0 Å². The molecule has 1 N–H and O–H groups in total. The first-order valence-electron chi connectivity index (χ1n) is 6.15. The fraction of sp³-hybridized carbons (Fsp3) is 0.615. The van der Waals surface area contributed by atoms with Crippen LogP contribution >= 0.6 is 0 Å². The average Bonchev–Trinajstić information content (AvgIpc) is 2.51. The second kappa shape index (κ2) is 6.93. The third kappa shape index (κ3) is 4.69. The maximum Gasteiger partial charge on any atom is 0.331 e. The van der Waals surface area contributed by atoms with E-state index >= 15 is 0 Å². The number of carbonyl (C=O) groups is 3. The lowest BCUT2D eigenvalue weighted by Gasteiger charge is -2.20. The van der Waals surface area contributed by atoms with E-state index in [4.69, 9.17) is 9.84 Å². The van der Waals surface area contributed by atoms with Gasteiger partial charge in [-0.2, -0.15) is 0 Å². The van der Waals surface area contributed by atoms with Crippen LogP contribution in [-0.4, -0.2) is 28.9 Å². The van der Waals surface area contributed by atoms with Crippen LogP contribution in [0, 0.1) is 5.92 Å². The van der Waals surface area contributed by atoms with Crippen LogP contribution in [0.3, 0.4) is 0 Å². The molecule has 0 spiro atoms. The van der Waals surface area contributed by atoms with E-state index < -0.39 is 18.0 Å². The van der Waals surface area contributed by atoms with Crippen LogP contribution in [0.25, 0.3) is 0 Å². The van der Waals surface area contributed by atoms with Gasteiger partial charge in [-0.25, -0.2) is 9.59 Å². The van der Waals surface area contributed by atoms with Crippen molar-refractivity contribution in [2.75, 3.05) is 0 Å². The van der Waals surface area contributed by atoms with Crippen LogP contribution in [0.2, 0.25) is 0 Å². The molecule has 1 fully saturated rings. The summed E-state index contributed by atoms with van der Waals surface area (Å²) in [5.41, 5.74) is 0. The molecule has 0 bridgehead atoms. The number of ketones is 1. The molecule has 0 radical (unpaired) electrons. The summed E-state index contributed by atoms with van der Waals surface area (Å²) in [6.45, 7) is 1.68. The minimum atomic E-state index is -1.20. The lowest BCUT2D eigenvalue weighted by Crippen LogP contribution is -2.29. The van der Waals surface area contributed by atoms with Gasteiger partial charge >= 0.3 is 11.9 Å². The minimum Gasteiger partial charge on any atom is -0.478 e. The van der Waals surface area contributed by atoms with Gasteiger partial charge in [-0.05, 0) is 19.8 Å². The molecule has 0 aromatic heterocycles. The Morgan fingerprint density at radius 1 is 1.33 bits per heavy atom. The van der Waals surface area contributed by atoms with Crippen molar-refractivity contribution in [3.8, 4) is 0 Å². The molecule has 5 heteroatoms. The Kier molecular flexibility index (Phi) is 5.55. The van der Waals surface area contributed by atoms with Crippen LogP contribution in [0.1, 0.15) is 39.0 Å². The number of hydrogen-bond acceptors (Lipinski definition) is 4. The molecule has 5 nitrogen and oxygen atoms in total. The molecule has 2 atom stereocenters. The van der Waals surface area contributed by atoms with Crippen molar-refractivity contribution in [1.29, 1.82) is 0 Å². The molecule has 2 unspecified atom stereocenters. The highest BCUT2D eigenvalue weighted by atomic mass is 16.5. The van der Waals surface area contributed by atoms with Gasteiger partial charge < -0.3 is 9.84 Å². The van der Waals surface area contributed by atoms with Crippen molar-refractivity contribution < 1.29 is 24.2 Å². The molecular weight excluding hydrogens is 236 g/mol. The van der Waals surface area contributed by atoms with Gasteiger partial charge in [0, 0.05) is 18.6 Å². The third-order valence-corrected chi connectivity index (χ3v) is 3.08. The van der Waals surface area contributed by atoms with E-state index in [9.17, 15) is 14.4 Å². The Bertz CT molecular complexity index is 358. The molecule has 0 saturated heterocycles. The molecule has 18 heavy (non-hydrogen) atoms. The monoisotopic (exact) mass is 254 g/mol. The molecule has 1 aliphatic rings. The average molecular weight is 254 g/mol. The minimum absolute atomic E-state index is 0.134. The Morgan fingerprint density at radius 2 is 2.06 bits per heavy atom. The Labute approximate surface area is 106 Å². The smallest absolute Gasteiger partial charge is 0.331 e. The maximum absolute atomic E-state index is 11.8. The van der Waals surface area contributed by atoms with Gasteiger partial charge in [0.2, 0.25) is 0 Å². The number of Topliss-reactive ketones (excluding diaryl/α,β-unsaturated/α-hetero) is 1. The van der Waals surface area contributed by atoms with E-state index in [1.165, 1.54) is 0 Å². The summed E-state index contributed by atoms with van der Waals surface area (Å²) in [6, 6.07) is 0. The molecular formula is C13H18O5. The molecule has 0 aromatic rings. The van der Waals surface area contributed by atoms with Gasteiger partial charge in [0.1, 0.15) is 11.9 Å². The van der Waals surface area contributed by atoms with Gasteiger partial charge in [-0.1, -0.05) is 12.8 Å². The second-order valence-electron chi connectivity index (χ2n) is 4.49. The van der Waals surface area contributed by atoms with Crippen LogP contribution in [0.15, 0.2) is 12.2 Å². The predicted octanol–water partition coefficient (Wildman–Crippen LogP) is 1.71. The lowest BCUT2D eigenvalue weighted by atomic mass is 9.94. The first-order chi connectivity index (χ1) is 8.50. The fourth-order valence-corrected chi connectivity index (χ4v) is 2.13. The van der Waals surface area contributed by atoms with Gasteiger partial charge in [0.25, 0.3) is 0 Å². The normalized spacial score (nSPS) is 22.5. The predicted molar refractivity (Wildman–Crippen MR) is 63.9 cm³/mol. The van der Waals surface area contributed by atoms with E-state index in [2.05, 4.69) is 0 Å². The van der Waals surface area contributed by atoms with E-state index in [-0.39, 0.29) is 11.7 Å². The Hall–Kier alpha value is -1.65. The van der Waals surface area contributed by atoms with E-state index in [0.717, 1.165) is 37.8 Å². The molecule has 1 aliphatic carbocycles. The van der Waals surface area contributed by atoms with Crippen molar-refractivity contribution in [2.45, 2.75) is 45.1 Å². The Morgan fingerprint density at radius 3 is 2.72 bits per heavy atom. The first-order valence-corrected chi connectivity index (χ1v) is 6.15. The molecule has 1 rings (SSSR count). The number of aliphatic carboxylic acids is 1. The quantitative estimate of drug-likeness (QED) is 0.469. The van der Waals surface area contributed by atoms with Gasteiger partial charge in [-0.15, -0.1) is 0 Å². The molecule has 0 heterocycles. The van der Waals surface area contributed by atoms with E-state index in [1.807, 2.05) is 0 Å². The van der Waals surface area contributed by atoms with Gasteiger partial charge in [-0.3, -0.25) is 4.79 Å². The topological polar surface area (TPSA) is 80.7 Å². The second-order valence-corrected chi connectivity index (χ2v) is 4.49. The fourth-order valence-electron chi connectivity index (χ4n) is 2.13. The standard InChI is InChI=1S/C13H18O5/c1-9(18-13(17)8-7-12(15)16)10-5-3-2-4-6-11(10)14/h7-10H,2-6H2,1H3,(H,15,16)/b8-7-. The summed E-state index contributed by atoms with van der Waals surface area (Å²) in [5, 5.41) is 8.38. The summed E-state index contributed by atoms with van der Waals surface area (Å²) in [6.07, 6.45) is 5.25. The van der Waals surface area contributed by atoms with Crippen molar-refractivity contribution >= 4 is 17.7 Å². The van der Waals surface area contributed by atoms with Crippen molar-refractivity contribution in [1.82, 2.24) is 0 Å². The summed E-state index contributed by atoms with van der Waals surface area (Å²) in [4.78, 5) is 33.3. The van der Waals surface area contributed by atoms with Gasteiger partial charge in [0.05, 0.1) is 5.92 Å². The SMILES string of the molecule is CC(OC(=O)/C=C\C(=O)O)C1CCCCCC1=O. The molecule has 0 amide bonds. The summed E-state index contributed by atoms with van der Waals surface area (Å²) < 4.78 is 5.06. The number of ether oxygens (including phenoxy) is 1. The van der Waals surface area contributed by atoms with E-state index in [1.54, 1.807) is 6.92 Å². The number of carboxylic acid groups (broad SMARTS) is 1. The van der Waals surface area contributed by atoms with Crippen LogP contribution in [0.4, 0.5) is 0 Å². The van der Waals surface area contributed by atoms with E-state index in [0.29, 0.717) is 6.42 Å². The first kappa shape index (κ1) is 14.4. The lowest BCUT2D eigenvalue weighted by molar-refractivity contribution is -0.147. The summed E-state index contributed by atoms with van der Waals surface area (Å²) in [5.74, 6) is -2.04. The molecule has 0 aromatic carbocycles. The van der Waals surface area contributed by atoms with Crippen molar-refractivity contribution in [3.63, 3.8) is 0 Å². The summed E-state index contributed by atoms with van der Waals surface area (Å²) >= 11 is 0. The zero-order chi connectivity index (χ0) is 13.5. The number of rotatable bonds is 4. The van der Waals surface area contributed by atoms with Crippen LogP contribution in [0.5, 0.6) is 0 Å². The zero-order valence-electron chi connectivity index (χ0n) is 10.4. The van der Waals surface area contributed by atoms with Crippen LogP contribution < -0.4 is 0 Å². The molecule has 100 valence electrons. The summed E-state index contributed by atoms with van der Waals surface area (Å²) in [7, 11) is 0.